The molecule has 25 heavy (non-hydrogen) atoms. The lowest BCUT2D eigenvalue weighted by molar-refractivity contribution is -0.119. The number of nitrogens with zero attached hydrogens (tertiary/aromatic N) is 1. The second-order valence-electron chi connectivity index (χ2n) is 6.15. The highest BCUT2D eigenvalue weighted by Crippen LogP contribution is 2.26. The molecule has 0 saturated heterocycles. The van der Waals surface area contributed by atoms with Crippen molar-refractivity contribution in [3.05, 3.63) is 64.7 Å². The molecule has 0 aromatic heterocycles. The summed E-state index contributed by atoms with van der Waals surface area (Å²) >= 11 is 0. The monoisotopic (exact) mass is 336 g/mol. The molecule has 1 heterocycles. The number of fused-ring (bicyclic) bond motifs is 1. The molecule has 1 atom stereocenters. The minimum atomic E-state index is -0.892. The van der Waals surface area contributed by atoms with Crippen LogP contribution in [0.4, 0.5) is 5.69 Å². The Morgan fingerprint density at radius 1 is 1.04 bits per heavy atom. The zero-order valence-electron chi connectivity index (χ0n) is 14.5. The third kappa shape index (κ3) is 2.82. The van der Waals surface area contributed by atoms with Crippen molar-refractivity contribution in [1.82, 2.24) is 4.90 Å². The van der Waals surface area contributed by atoms with Crippen molar-refractivity contribution in [2.45, 2.75) is 33.2 Å². The van der Waals surface area contributed by atoms with Crippen LogP contribution in [0.3, 0.4) is 0 Å². The summed E-state index contributed by atoms with van der Waals surface area (Å²) in [5.74, 6) is -1.23. The van der Waals surface area contributed by atoms with Crippen molar-refractivity contribution >= 4 is 23.4 Å². The SMILES string of the molecule is CCc1cccc(C)c1NC(=O)[C@@H](C)N1C(=O)c2ccccc2C1=O. The van der Waals surface area contributed by atoms with Gasteiger partial charge in [0.05, 0.1) is 11.1 Å². The number of carbonyl (C=O) groups excluding carboxylic acids is 3. The molecule has 0 bridgehead atoms. The summed E-state index contributed by atoms with van der Waals surface area (Å²) < 4.78 is 0. The third-order valence-electron chi connectivity index (χ3n) is 4.58. The number of aryl methyl sites for hydroxylation is 2. The van der Waals surface area contributed by atoms with Gasteiger partial charge in [-0.3, -0.25) is 19.3 Å². The molecule has 1 N–H and O–H groups in total. The second kappa shape index (κ2) is 6.51. The van der Waals surface area contributed by atoms with Gasteiger partial charge < -0.3 is 5.32 Å². The van der Waals surface area contributed by atoms with Gasteiger partial charge in [0, 0.05) is 5.69 Å². The van der Waals surface area contributed by atoms with Gasteiger partial charge in [-0.15, -0.1) is 0 Å². The number of imide groups is 1. The number of carbonyl (C=O) groups is 3. The zero-order chi connectivity index (χ0) is 18.1. The van der Waals surface area contributed by atoms with Crippen LogP contribution in [-0.4, -0.2) is 28.7 Å². The quantitative estimate of drug-likeness (QED) is 0.872. The van der Waals surface area contributed by atoms with E-state index in [1.807, 2.05) is 32.0 Å². The number of amides is 3. The fourth-order valence-electron chi connectivity index (χ4n) is 3.11. The molecule has 1 aliphatic heterocycles. The van der Waals surface area contributed by atoms with E-state index in [2.05, 4.69) is 5.32 Å². The molecule has 0 fully saturated rings. The maximum Gasteiger partial charge on any atom is 0.262 e. The Hall–Kier alpha value is -2.95. The van der Waals surface area contributed by atoms with Gasteiger partial charge in [0.15, 0.2) is 0 Å². The molecule has 128 valence electrons. The summed E-state index contributed by atoms with van der Waals surface area (Å²) in [6.07, 6.45) is 0.776. The van der Waals surface area contributed by atoms with E-state index in [0.29, 0.717) is 11.1 Å². The van der Waals surface area contributed by atoms with Crippen LogP contribution >= 0.6 is 0 Å². The van der Waals surface area contributed by atoms with Gasteiger partial charge in [-0.25, -0.2) is 0 Å². The van der Waals surface area contributed by atoms with Gasteiger partial charge in [0.25, 0.3) is 11.8 Å². The van der Waals surface area contributed by atoms with E-state index in [1.165, 1.54) is 0 Å². The molecule has 0 saturated carbocycles. The van der Waals surface area contributed by atoms with Crippen molar-refractivity contribution in [1.29, 1.82) is 0 Å². The van der Waals surface area contributed by atoms with Crippen molar-refractivity contribution < 1.29 is 14.4 Å². The van der Waals surface area contributed by atoms with Crippen molar-refractivity contribution in [3.8, 4) is 0 Å². The minimum Gasteiger partial charge on any atom is -0.324 e. The van der Waals surface area contributed by atoms with Crippen molar-refractivity contribution in [2.24, 2.45) is 0 Å². The van der Waals surface area contributed by atoms with E-state index in [9.17, 15) is 14.4 Å². The zero-order valence-corrected chi connectivity index (χ0v) is 14.5. The Morgan fingerprint density at radius 3 is 2.20 bits per heavy atom. The van der Waals surface area contributed by atoms with Crippen LogP contribution in [-0.2, 0) is 11.2 Å². The summed E-state index contributed by atoms with van der Waals surface area (Å²) in [6, 6.07) is 11.6. The number of hydrogen-bond acceptors (Lipinski definition) is 3. The number of para-hydroxylation sites is 1. The number of benzene rings is 2. The molecular weight excluding hydrogens is 316 g/mol. The van der Waals surface area contributed by atoms with Gasteiger partial charge in [0.1, 0.15) is 6.04 Å². The minimum absolute atomic E-state index is 0.345. The van der Waals surface area contributed by atoms with Crippen molar-refractivity contribution in [3.63, 3.8) is 0 Å². The van der Waals surface area contributed by atoms with Gasteiger partial charge in [0.2, 0.25) is 5.91 Å². The number of nitrogens with one attached hydrogen (secondary N) is 1. The van der Waals surface area contributed by atoms with Gasteiger partial charge >= 0.3 is 0 Å². The summed E-state index contributed by atoms with van der Waals surface area (Å²) in [6.45, 7) is 5.50. The predicted octanol–water partition coefficient (Wildman–Crippen LogP) is 3.18. The number of hydrogen-bond donors (Lipinski definition) is 1. The smallest absolute Gasteiger partial charge is 0.262 e. The highest BCUT2D eigenvalue weighted by atomic mass is 16.2. The van der Waals surface area contributed by atoms with Gasteiger partial charge in [-0.05, 0) is 43.5 Å². The first-order chi connectivity index (χ1) is 12.0. The molecule has 1 aliphatic rings. The van der Waals surface area contributed by atoms with E-state index in [-0.39, 0.29) is 5.91 Å². The first kappa shape index (κ1) is 16.9. The molecule has 2 aromatic rings. The highest BCUT2D eigenvalue weighted by molar-refractivity contribution is 6.23. The Morgan fingerprint density at radius 2 is 1.64 bits per heavy atom. The fraction of sp³-hybridized carbons (Fsp3) is 0.250. The van der Waals surface area contributed by atoms with Crippen LogP contribution in [0.5, 0.6) is 0 Å². The number of anilines is 1. The van der Waals surface area contributed by atoms with Crippen LogP contribution in [0.2, 0.25) is 0 Å². The largest absolute Gasteiger partial charge is 0.324 e. The molecular formula is C20H20N2O3. The van der Waals surface area contributed by atoms with Crippen LogP contribution in [0.15, 0.2) is 42.5 Å². The third-order valence-corrected chi connectivity index (χ3v) is 4.58. The van der Waals surface area contributed by atoms with Crippen LogP contribution in [0.1, 0.15) is 45.7 Å². The molecule has 3 rings (SSSR count). The first-order valence-electron chi connectivity index (χ1n) is 8.32. The molecule has 5 nitrogen and oxygen atoms in total. The number of rotatable bonds is 4. The van der Waals surface area contributed by atoms with Crippen LogP contribution in [0.25, 0.3) is 0 Å². The van der Waals surface area contributed by atoms with E-state index < -0.39 is 17.9 Å². The normalized spacial score (nSPS) is 14.4. The topological polar surface area (TPSA) is 66.5 Å². The van der Waals surface area contributed by atoms with Gasteiger partial charge in [-0.2, -0.15) is 0 Å². The van der Waals surface area contributed by atoms with Crippen LogP contribution < -0.4 is 5.32 Å². The standard InChI is InChI=1S/C20H20N2O3/c1-4-14-9-7-8-12(2)17(14)21-18(23)13(3)22-19(24)15-10-5-6-11-16(15)20(22)25/h5-11,13H,4H2,1-3H3,(H,21,23)/t13-/m1/s1. The Kier molecular flexibility index (Phi) is 4.40. The molecule has 0 spiro atoms. The summed E-state index contributed by atoms with van der Waals surface area (Å²) in [5, 5.41) is 2.89. The maximum atomic E-state index is 12.7. The first-order valence-corrected chi connectivity index (χ1v) is 8.32. The van der Waals surface area contributed by atoms with Crippen LogP contribution in [0, 0.1) is 6.92 Å². The molecule has 5 heteroatoms. The maximum absolute atomic E-state index is 12.7. The summed E-state index contributed by atoms with van der Waals surface area (Å²) in [5.41, 5.74) is 3.40. The average molecular weight is 336 g/mol. The molecule has 0 unspecified atom stereocenters. The van der Waals surface area contributed by atoms with Crippen molar-refractivity contribution in [2.75, 3.05) is 5.32 Å². The summed E-state index contributed by atoms with van der Waals surface area (Å²) in [4.78, 5) is 38.8. The Balaban J connectivity index is 1.85. The Bertz CT molecular complexity index is 838. The molecule has 3 amide bonds. The lowest BCUT2D eigenvalue weighted by Crippen LogP contribution is -2.45. The van der Waals surface area contributed by atoms with E-state index >= 15 is 0 Å². The molecule has 2 aromatic carbocycles. The lowest BCUT2D eigenvalue weighted by Gasteiger charge is -2.23. The second-order valence-corrected chi connectivity index (χ2v) is 6.15. The average Bonchev–Trinajstić information content (AvgIpc) is 2.87. The lowest BCUT2D eigenvalue weighted by atomic mass is 10.1. The predicted molar refractivity (Wildman–Crippen MR) is 95.6 cm³/mol. The molecule has 0 radical (unpaired) electrons. The van der Waals surface area contributed by atoms with E-state index in [4.69, 9.17) is 0 Å². The molecule has 0 aliphatic carbocycles. The Labute approximate surface area is 146 Å². The van der Waals surface area contributed by atoms with E-state index in [0.717, 1.165) is 28.1 Å². The highest BCUT2D eigenvalue weighted by Gasteiger charge is 2.40. The fourth-order valence-corrected chi connectivity index (χ4v) is 3.11. The summed E-state index contributed by atoms with van der Waals surface area (Å²) in [7, 11) is 0. The van der Waals surface area contributed by atoms with Gasteiger partial charge in [-0.1, -0.05) is 37.3 Å². The van der Waals surface area contributed by atoms with E-state index in [1.54, 1.807) is 31.2 Å².